The highest BCUT2D eigenvalue weighted by Gasteiger charge is 2.15. The third kappa shape index (κ3) is 5.24. The van der Waals surface area contributed by atoms with Gasteiger partial charge in [-0.1, -0.05) is 48.1 Å². The Kier molecular flexibility index (Phi) is 6.90. The Morgan fingerprint density at radius 3 is 2.61 bits per heavy atom. The molecule has 1 heterocycles. The van der Waals surface area contributed by atoms with Crippen LogP contribution in [0, 0.1) is 0 Å². The third-order valence-electron chi connectivity index (χ3n) is 3.94. The molecule has 0 saturated carbocycles. The van der Waals surface area contributed by atoms with Crippen LogP contribution in [0.2, 0.25) is 10.0 Å². The maximum absolute atomic E-state index is 12.4. The number of rotatable bonds is 8. The normalized spacial score (nSPS) is 10.7. The van der Waals surface area contributed by atoms with Crippen molar-refractivity contribution in [3.8, 4) is 17.2 Å². The van der Waals surface area contributed by atoms with Gasteiger partial charge in [-0.05, 0) is 48.9 Å². The lowest BCUT2D eigenvalue weighted by molar-refractivity contribution is 0.102. The van der Waals surface area contributed by atoms with Gasteiger partial charge < -0.3 is 9.15 Å². The number of benzene rings is 2. The van der Waals surface area contributed by atoms with E-state index in [-0.39, 0.29) is 17.8 Å². The van der Waals surface area contributed by atoms with Crippen molar-refractivity contribution in [1.29, 1.82) is 0 Å². The lowest BCUT2D eigenvalue weighted by Gasteiger charge is -2.06. The Bertz CT molecular complexity index is 942. The van der Waals surface area contributed by atoms with Crippen LogP contribution in [0.5, 0.6) is 5.75 Å². The maximum Gasteiger partial charge on any atom is 0.322 e. The van der Waals surface area contributed by atoms with E-state index < -0.39 is 0 Å². The van der Waals surface area contributed by atoms with Crippen LogP contribution < -0.4 is 10.1 Å². The van der Waals surface area contributed by atoms with Gasteiger partial charge in [0.05, 0.1) is 17.2 Å². The zero-order valence-electron chi connectivity index (χ0n) is 15.2. The van der Waals surface area contributed by atoms with Gasteiger partial charge in [-0.2, -0.15) is 0 Å². The van der Waals surface area contributed by atoms with E-state index in [4.69, 9.17) is 32.4 Å². The van der Waals surface area contributed by atoms with Gasteiger partial charge in [0, 0.05) is 10.6 Å². The van der Waals surface area contributed by atoms with Gasteiger partial charge >= 0.3 is 6.01 Å². The fourth-order valence-corrected chi connectivity index (χ4v) is 2.95. The number of ether oxygens (including phenoxy) is 1. The van der Waals surface area contributed by atoms with Crippen LogP contribution in [0.1, 0.15) is 36.5 Å². The highest BCUT2D eigenvalue weighted by molar-refractivity contribution is 6.36. The number of nitrogens with zero attached hydrogens (tertiary/aromatic N) is 2. The number of nitrogens with one attached hydrogen (secondary N) is 1. The summed E-state index contributed by atoms with van der Waals surface area (Å²) in [6.45, 7) is 2.81. The van der Waals surface area contributed by atoms with Gasteiger partial charge in [0.2, 0.25) is 0 Å². The van der Waals surface area contributed by atoms with Crippen LogP contribution >= 0.6 is 23.2 Å². The van der Waals surface area contributed by atoms with Crippen molar-refractivity contribution in [1.82, 2.24) is 10.2 Å². The summed E-state index contributed by atoms with van der Waals surface area (Å²) in [6.07, 6.45) is 3.29. The molecule has 0 aliphatic carbocycles. The lowest BCUT2D eigenvalue weighted by Crippen LogP contribution is -2.12. The smallest absolute Gasteiger partial charge is 0.322 e. The van der Waals surface area contributed by atoms with Crippen molar-refractivity contribution < 1.29 is 13.9 Å². The molecule has 2 aromatic carbocycles. The summed E-state index contributed by atoms with van der Waals surface area (Å²) in [5.41, 5.74) is 0.980. The van der Waals surface area contributed by atoms with Crippen molar-refractivity contribution in [3.05, 3.63) is 58.1 Å². The summed E-state index contributed by atoms with van der Waals surface area (Å²) in [6, 6.07) is 11.8. The fraction of sp³-hybridized carbons (Fsp3) is 0.250. The lowest BCUT2D eigenvalue weighted by atomic mass is 10.2. The molecule has 0 aliphatic heterocycles. The first-order valence-corrected chi connectivity index (χ1v) is 9.65. The first kappa shape index (κ1) is 20.2. The number of aromatic nitrogens is 2. The molecule has 0 spiro atoms. The van der Waals surface area contributed by atoms with Gasteiger partial charge in [-0.15, -0.1) is 5.10 Å². The van der Waals surface area contributed by atoms with E-state index in [2.05, 4.69) is 22.4 Å². The van der Waals surface area contributed by atoms with Crippen LogP contribution in [0.25, 0.3) is 11.5 Å². The molecule has 1 N–H and O–H groups in total. The van der Waals surface area contributed by atoms with Gasteiger partial charge in [0.1, 0.15) is 5.75 Å². The molecule has 1 amide bonds. The SMILES string of the molecule is CCCCCOc1ccc(C(=O)Nc2nnc(-c3ccc(Cl)cc3Cl)o2)cc1. The molecule has 8 heteroatoms. The largest absolute Gasteiger partial charge is 0.494 e. The predicted molar refractivity (Wildman–Crippen MR) is 109 cm³/mol. The highest BCUT2D eigenvalue weighted by Crippen LogP contribution is 2.30. The fourth-order valence-electron chi connectivity index (χ4n) is 2.46. The molecule has 0 atom stereocenters. The molecule has 3 rings (SSSR count). The third-order valence-corrected chi connectivity index (χ3v) is 4.49. The van der Waals surface area contributed by atoms with Gasteiger partial charge in [0.15, 0.2) is 0 Å². The van der Waals surface area contributed by atoms with E-state index >= 15 is 0 Å². The summed E-state index contributed by atoms with van der Waals surface area (Å²) in [4.78, 5) is 12.4. The van der Waals surface area contributed by atoms with E-state index in [1.165, 1.54) is 0 Å². The molecule has 146 valence electrons. The molecule has 6 nitrogen and oxygen atoms in total. The monoisotopic (exact) mass is 419 g/mol. The van der Waals surface area contributed by atoms with Crippen LogP contribution in [0.4, 0.5) is 6.01 Å². The first-order valence-electron chi connectivity index (χ1n) is 8.90. The number of unbranched alkanes of at least 4 members (excludes halogenated alkanes) is 2. The summed E-state index contributed by atoms with van der Waals surface area (Å²) >= 11 is 12.0. The number of hydrogen-bond donors (Lipinski definition) is 1. The number of carbonyl (C=O) groups is 1. The Morgan fingerprint density at radius 2 is 1.89 bits per heavy atom. The van der Waals surface area contributed by atoms with Crippen LogP contribution in [-0.2, 0) is 0 Å². The van der Waals surface area contributed by atoms with Gasteiger partial charge in [0.25, 0.3) is 11.8 Å². The average molecular weight is 420 g/mol. The van der Waals surface area contributed by atoms with E-state index in [0.717, 1.165) is 25.0 Å². The van der Waals surface area contributed by atoms with Gasteiger partial charge in [-0.3, -0.25) is 10.1 Å². The van der Waals surface area contributed by atoms with Crippen molar-refractivity contribution in [3.63, 3.8) is 0 Å². The van der Waals surface area contributed by atoms with E-state index in [1.807, 2.05) is 0 Å². The minimum absolute atomic E-state index is 0.0223. The van der Waals surface area contributed by atoms with Crippen molar-refractivity contribution in [2.24, 2.45) is 0 Å². The molecule has 0 fully saturated rings. The molecule has 1 aromatic heterocycles. The number of anilines is 1. The maximum atomic E-state index is 12.4. The Hall–Kier alpha value is -2.57. The molecular formula is C20H19Cl2N3O3. The van der Waals surface area contributed by atoms with Crippen LogP contribution in [-0.4, -0.2) is 22.7 Å². The van der Waals surface area contributed by atoms with Crippen molar-refractivity contribution >= 4 is 35.1 Å². The number of amides is 1. The number of hydrogen-bond acceptors (Lipinski definition) is 5. The quantitative estimate of drug-likeness (QED) is 0.462. The topological polar surface area (TPSA) is 77.2 Å². The summed E-state index contributed by atoms with van der Waals surface area (Å²) in [5.74, 6) is 0.549. The number of carbonyl (C=O) groups excluding carboxylic acids is 1. The summed E-state index contributed by atoms with van der Waals surface area (Å²) in [7, 11) is 0. The first-order chi connectivity index (χ1) is 13.6. The standard InChI is InChI=1S/C20H19Cl2N3O3/c1-2-3-4-11-27-15-8-5-13(6-9-15)18(26)23-20-25-24-19(28-20)16-10-7-14(21)12-17(16)22/h5-10,12H,2-4,11H2,1H3,(H,23,25,26). The molecule has 0 radical (unpaired) electrons. The van der Waals surface area contributed by atoms with E-state index in [0.29, 0.717) is 27.8 Å². The van der Waals surface area contributed by atoms with Gasteiger partial charge in [-0.25, -0.2) is 0 Å². The number of halogens is 2. The van der Waals surface area contributed by atoms with Crippen molar-refractivity contribution in [2.75, 3.05) is 11.9 Å². The Balaban J connectivity index is 1.61. The minimum atomic E-state index is -0.366. The molecular weight excluding hydrogens is 401 g/mol. The van der Waals surface area contributed by atoms with E-state index in [9.17, 15) is 4.79 Å². The molecule has 0 bridgehead atoms. The zero-order chi connectivity index (χ0) is 19.9. The Labute approximate surface area is 172 Å². The molecule has 0 unspecified atom stereocenters. The minimum Gasteiger partial charge on any atom is -0.494 e. The second-order valence-corrected chi connectivity index (χ2v) is 6.91. The highest BCUT2D eigenvalue weighted by atomic mass is 35.5. The second kappa shape index (κ2) is 9.57. The Morgan fingerprint density at radius 1 is 1.11 bits per heavy atom. The predicted octanol–water partition coefficient (Wildman–Crippen LogP) is 5.86. The van der Waals surface area contributed by atoms with Crippen molar-refractivity contribution in [2.45, 2.75) is 26.2 Å². The summed E-state index contributed by atoms with van der Waals surface area (Å²) < 4.78 is 11.1. The molecule has 28 heavy (non-hydrogen) atoms. The van der Waals surface area contributed by atoms with Crippen LogP contribution in [0.3, 0.4) is 0 Å². The van der Waals surface area contributed by atoms with Crippen LogP contribution in [0.15, 0.2) is 46.9 Å². The van der Waals surface area contributed by atoms with E-state index in [1.54, 1.807) is 42.5 Å². The molecule has 0 aliphatic rings. The second-order valence-electron chi connectivity index (χ2n) is 6.07. The summed E-state index contributed by atoms with van der Waals surface area (Å²) in [5, 5.41) is 11.2. The molecule has 0 saturated heterocycles. The zero-order valence-corrected chi connectivity index (χ0v) is 16.8. The average Bonchev–Trinajstić information content (AvgIpc) is 3.14. The molecule has 3 aromatic rings.